The lowest BCUT2D eigenvalue weighted by atomic mass is 10.1. The van der Waals surface area contributed by atoms with Gasteiger partial charge in [-0.2, -0.15) is 0 Å². The van der Waals surface area contributed by atoms with Crippen LogP contribution >= 0.6 is 22.9 Å². The maximum Gasteiger partial charge on any atom is 0.0931 e. The predicted molar refractivity (Wildman–Crippen MR) is 70.0 cm³/mol. The second kappa shape index (κ2) is 7.26. The van der Waals surface area contributed by atoms with E-state index in [0.29, 0.717) is 6.04 Å². The first-order valence-electron chi connectivity index (χ1n) is 5.70. The molecule has 0 radical (unpaired) electrons. The Morgan fingerprint density at radius 1 is 1.47 bits per heavy atom. The number of hydrogen-bond donors (Lipinski definition) is 1. The minimum Gasteiger partial charge on any atom is -0.314 e. The lowest BCUT2D eigenvalue weighted by Crippen LogP contribution is -2.27. The summed E-state index contributed by atoms with van der Waals surface area (Å²) in [6.07, 6.45) is 4.87. The van der Waals surface area contributed by atoms with E-state index >= 15 is 0 Å². The molecular weight excluding hydrogens is 226 g/mol. The Balaban J connectivity index is 2.13. The standard InChI is InChI=1S/C12H20ClNS/c1-3-4-9-14-10(2)5-6-11-7-8-12(13)15-11/h7-8,10,14H,3-6,9H2,1-2H3. The highest BCUT2D eigenvalue weighted by Crippen LogP contribution is 2.22. The van der Waals surface area contributed by atoms with Gasteiger partial charge in [0.2, 0.25) is 0 Å². The van der Waals surface area contributed by atoms with Crippen LogP contribution in [0.5, 0.6) is 0 Å². The van der Waals surface area contributed by atoms with E-state index in [9.17, 15) is 0 Å². The molecule has 1 nitrogen and oxygen atoms in total. The molecule has 0 saturated heterocycles. The SMILES string of the molecule is CCCCNC(C)CCc1ccc(Cl)s1. The zero-order chi connectivity index (χ0) is 11.1. The second-order valence-electron chi connectivity index (χ2n) is 3.95. The van der Waals surface area contributed by atoms with Crippen molar-refractivity contribution in [1.29, 1.82) is 0 Å². The number of rotatable bonds is 7. The summed E-state index contributed by atoms with van der Waals surface area (Å²) in [5.74, 6) is 0. The summed E-state index contributed by atoms with van der Waals surface area (Å²) in [7, 11) is 0. The van der Waals surface area contributed by atoms with Crippen molar-refractivity contribution in [2.75, 3.05) is 6.54 Å². The third kappa shape index (κ3) is 5.55. The summed E-state index contributed by atoms with van der Waals surface area (Å²) in [5.41, 5.74) is 0. The summed E-state index contributed by atoms with van der Waals surface area (Å²) in [6, 6.07) is 4.72. The number of unbranched alkanes of at least 4 members (excludes halogenated alkanes) is 1. The Kier molecular flexibility index (Phi) is 6.30. The molecule has 1 atom stereocenters. The first-order chi connectivity index (χ1) is 7.22. The molecular formula is C12H20ClNS. The van der Waals surface area contributed by atoms with Gasteiger partial charge in [-0.25, -0.2) is 0 Å². The van der Waals surface area contributed by atoms with Crippen LogP contribution in [0.15, 0.2) is 12.1 Å². The quantitative estimate of drug-likeness (QED) is 0.713. The molecule has 1 unspecified atom stereocenters. The normalized spacial score (nSPS) is 13.0. The van der Waals surface area contributed by atoms with Crippen molar-refractivity contribution in [3.05, 3.63) is 21.3 Å². The third-order valence-electron chi connectivity index (χ3n) is 2.48. The number of halogens is 1. The number of aryl methyl sites for hydroxylation is 1. The molecule has 1 heterocycles. The van der Waals surface area contributed by atoms with Gasteiger partial charge in [-0.3, -0.25) is 0 Å². The molecule has 1 aromatic heterocycles. The van der Waals surface area contributed by atoms with E-state index in [1.165, 1.54) is 24.1 Å². The smallest absolute Gasteiger partial charge is 0.0931 e. The molecule has 86 valence electrons. The van der Waals surface area contributed by atoms with Crippen LogP contribution in [0.1, 0.15) is 38.0 Å². The number of hydrogen-bond acceptors (Lipinski definition) is 2. The average Bonchev–Trinajstić information content (AvgIpc) is 2.62. The van der Waals surface area contributed by atoms with Crippen molar-refractivity contribution in [3.63, 3.8) is 0 Å². The fourth-order valence-electron chi connectivity index (χ4n) is 1.47. The Bertz CT molecular complexity index is 272. The predicted octanol–water partition coefficient (Wildman–Crippen LogP) is 4.11. The minimum atomic E-state index is 0.609. The van der Waals surface area contributed by atoms with Gasteiger partial charge in [-0.05, 0) is 44.9 Å². The van der Waals surface area contributed by atoms with Crippen molar-refractivity contribution in [3.8, 4) is 0 Å². The first-order valence-corrected chi connectivity index (χ1v) is 6.89. The van der Waals surface area contributed by atoms with Gasteiger partial charge in [0.15, 0.2) is 0 Å². The van der Waals surface area contributed by atoms with Crippen LogP contribution in [-0.2, 0) is 6.42 Å². The minimum absolute atomic E-state index is 0.609. The number of thiophene rings is 1. The van der Waals surface area contributed by atoms with Gasteiger partial charge in [-0.1, -0.05) is 24.9 Å². The molecule has 0 aliphatic heterocycles. The van der Waals surface area contributed by atoms with Crippen LogP contribution in [0.3, 0.4) is 0 Å². The molecule has 0 bridgehead atoms. The molecule has 0 saturated carbocycles. The van der Waals surface area contributed by atoms with E-state index in [2.05, 4.69) is 25.2 Å². The molecule has 1 rings (SSSR count). The molecule has 0 aliphatic rings. The lowest BCUT2D eigenvalue weighted by molar-refractivity contribution is 0.505. The molecule has 1 N–H and O–H groups in total. The highest BCUT2D eigenvalue weighted by molar-refractivity contribution is 7.16. The Morgan fingerprint density at radius 3 is 2.87 bits per heavy atom. The second-order valence-corrected chi connectivity index (χ2v) is 5.75. The molecule has 1 aromatic rings. The van der Waals surface area contributed by atoms with Gasteiger partial charge in [0.25, 0.3) is 0 Å². The molecule has 15 heavy (non-hydrogen) atoms. The zero-order valence-electron chi connectivity index (χ0n) is 9.55. The van der Waals surface area contributed by atoms with E-state index < -0.39 is 0 Å². The van der Waals surface area contributed by atoms with E-state index in [-0.39, 0.29) is 0 Å². The molecule has 0 aliphatic carbocycles. The fraction of sp³-hybridized carbons (Fsp3) is 0.667. The van der Waals surface area contributed by atoms with Gasteiger partial charge < -0.3 is 5.32 Å². The van der Waals surface area contributed by atoms with Crippen LogP contribution in [0.25, 0.3) is 0 Å². The largest absolute Gasteiger partial charge is 0.314 e. The van der Waals surface area contributed by atoms with Gasteiger partial charge in [0, 0.05) is 10.9 Å². The Morgan fingerprint density at radius 2 is 2.27 bits per heavy atom. The maximum atomic E-state index is 5.88. The monoisotopic (exact) mass is 245 g/mol. The zero-order valence-corrected chi connectivity index (χ0v) is 11.1. The van der Waals surface area contributed by atoms with Gasteiger partial charge in [0.05, 0.1) is 4.34 Å². The maximum absolute atomic E-state index is 5.88. The summed E-state index contributed by atoms with van der Waals surface area (Å²) in [5, 5.41) is 3.53. The average molecular weight is 246 g/mol. The highest BCUT2D eigenvalue weighted by atomic mass is 35.5. The lowest BCUT2D eigenvalue weighted by Gasteiger charge is -2.12. The van der Waals surface area contributed by atoms with E-state index in [1.807, 2.05) is 6.07 Å². The fourth-order valence-corrected chi connectivity index (χ4v) is 2.58. The van der Waals surface area contributed by atoms with Crippen LogP contribution in [-0.4, -0.2) is 12.6 Å². The van der Waals surface area contributed by atoms with Crippen LogP contribution in [0, 0.1) is 0 Å². The Hall–Kier alpha value is -0.0500. The van der Waals surface area contributed by atoms with E-state index in [1.54, 1.807) is 11.3 Å². The Labute approximate surface area is 102 Å². The summed E-state index contributed by atoms with van der Waals surface area (Å²) in [6.45, 7) is 5.62. The summed E-state index contributed by atoms with van der Waals surface area (Å²) < 4.78 is 0.900. The van der Waals surface area contributed by atoms with Crippen molar-refractivity contribution in [2.45, 2.75) is 45.6 Å². The van der Waals surface area contributed by atoms with Crippen LogP contribution < -0.4 is 5.32 Å². The first kappa shape index (κ1) is 13.0. The van der Waals surface area contributed by atoms with Crippen molar-refractivity contribution in [2.24, 2.45) is 0 Å². The van der Waals surface area contributed by atoms with E-state index in [0.717, 1.165) is 17.3 Å². The van der Waals surface area contributed by atoms with Crippen molar-refractivity contribution < 1.29 is 0 Å². The topological polar surface area (TPSA) is 12.0 Å². The van der Waals surface area contributed by atoms with Gasteiger partial charge in [-0.15, -0.1) is 11.3 Å². The molecule has 0 spiro atoms. The molecule has 0 fully saturated rings. The molecule has 0 aromatic carbocycles. The third-order valence-corrected chi connectivity index (χ3v) is 3.77. The van der Waals surface area contributed by atoms with Crippen LogP contribution in [0.4, 0.5) is 0 Å². The summed E-state index contributed by atoms with van der Waals surface area (Å²) in [4.78, 5) is 1.39. The van der Waals surface area contributed by atoms with Crippen molar-refractivity contribution >= 4 is 22.9 Å². The summed E-state index contributed by atoms with van der Waals surface area (Å²) >= 11 is 7.58. The molecule has 3 heteroatoms. The highest BCUT2D eigenvalue weighted by Gasteiger charge is 2.03. The number of nitrogens with one attached hydrogen (secondary N) is 1. The van der Waals surface area contributed by atoms with Crippen LogP contribution in [0.2, 0.25) is 4.34 Å². The van der Waals surface area contributed by atoms with Crippen molar-refractivity contribution in [1.82, 2.24) is 5.32 Å². The molecule has 0 amide bonds. The van der Waals surface area contributed by atoms with Gasteiger partial charge in [0.1, 0.15) is 0 Å². The van der Waals surface area contributed by atoms with E-state index in [4.69, 9.17) is 11.6 Å². The van der Waals surface area contributed by atoms with Gasteiger partial charge >= 0.3 is 0 Å².